The average molecular weight is 563 g/mol. The summed E-state index contributed by atoms with van der Waals surface area (Å²) in [5.41, 5.74) is 13.0. The van der Waals surface area contributed by atoms with Gasteiger partial charge in [-0.05, 0) is 65.7 Å². The highest BCUT2D eigenvalue weighted by Gasteiger charge is 2.16. The van der Waals surface area contributed by atoms with Crippen LogP contribution in [-0.2, 0) is 0 Å². The van der Waals surface area contributed by atoms with E-state index in [0.29, 0.717) is 0 Å². The van der Waals surface area contributed by atoms with Gasteiger partial charge in [-0.3, -0.25) is 4.57 Å². The predicted molar refractivity (Wildman–Crippen MR) is 181 cm³/mol. The van der Waals surface area contributed by atoms with Gasteiger partial charge in [0.15, 0.2) is 0 Å². The molecule has 4 heteroatoms. The van der Waals surface area contributed by atoms with E-state index in [-0.39, 0.29) is 0 Å². The maximum Gasteiger partial charge on any atom is 0.145 e. The standard InChI is InChI=1S/C40H26N4/c1-2-14-32(15-3-1)43-36-19-8-6-17-34(36)42-40(43)28-23-21-27(22-24-28)29-12-10-13-31(25-29)39-38-26-30-11-4-7-18-35(30)44(38)37-20-9-5-16-33(37)41-39/h1-26H. The summed E-state index contributed by atoms with van der Waals surface area (Å²) in [6.45, 7) is 0. The van der Waals surface area contributed by atoms with Crippen LogP contribution in [0.3, 0.4) is 0 Å². The van der Waals surface area contributed by atoms with Crippen LogP contribution in [0.4, 0.5) is 0 Å². The summed E-state index contributed by atoms with van der Waals surface area (Å²) in [5, 5.41) is 1.21. The Morgan fingerprint density at radius 2 is 1.02 bits per heavy atom. The zero-order chi connectivity index (χ0) is 29.0. The molecule has 206 valence electrons. The van der Waals surface area contributed by atoms with Gasteiger partial charge in [0.05, 0.1) is 38.8 Å². The first-order chi connectivity index (χ1) is 21.8. The van der Waals surface area contributed by atoms with E-state index in [2.05, 4.69) is 155 Å². The van der Waals surface area contributed by atoms with Crippen molar-refractivity contribution in [1.29, 1.82) is 0 Å². The molecule has 0 atom stereocenters. The van der Waals surface area contributed by atoms with Crippen molar-refractivity contribution in [2.75, 3.05) is 0 Å². The van der Waals surface area contributed by atoms with Crippen LogP contribution in [0.1, 0.15) is 0 Å². The second-order valence-electron chi connectivity index (χ2n) is 11.1. The molecule has 0 fully saturated rings. The minimum atomic E-state index is 0.931. The van der Waals surface area contributed by atoms with E-state index < -0.39 is 0 Å². The third-order valence-corrected chi connectivity index (χ3v) is 8.50. The molecule has 0 N–H and O–H groups in total. The Morgan fingerprint density at radius 1 is 0.386 bits per heavy atom. The van der Waals surface area contributed by atoms with Crippen molar-refractivity contribution >= 4 is 38.5 Å². The maximum atomic E-state index is 5.18. The summed E-state index contributed by atoms with van der Waals surface area (Å²) < 4.78 is 4.58. The zero-order valence-electron chi connectivity index (χ0n) is 23.8. The number of nitrogens with zero attached hydrogens (tertiary/aromatic N) is 4. The van der Waals surface area contributed by atoms with Crippen molar-refractivity contribution < 1.29 is 0 Å². The number of hydrogen-bond donors (Lipinski definition) is 0. The topological polar surface area (TPSA) is 35.1 Å². The first kappa shape index (κ1) is 24.6. The molecule has 0 aliphatic rings. The van der Waals surface area contributed by atoms with Gasteiger partial charge >= 0.3 is 0 Å². The van der Waals surface area contributed by atoms with Crippen LogP contribution in [0.25, 0.3) is 77.9 Å². The molecule has 0 amide bonds. The molecule has 0 saturated heterocycles. The van der Waals surface area contributed by atoms with Gasteiger partial charge in [-0.1, -0.05) is 103 Å². The first-order valence-corrected chi connectivity index (χ1v) is 14.8. The third kappa shape index (κ3) is 3.85. The lowest BCUT2D eigenvalue weighted by atomic mass is 10.00. The number of hydrogen-bond acceptors (Lipinski definition) is 2. The highest BCUT2D eigenvalue weighted by Crippen LogP contribution is 2.35. The molecule has 0 saturated carbocycles. The number of imidazole rings is 1. The van der Waals surface area contributed by atoms with Crippen molar-refractivity contribution in [3.05, 3.63) is 158 Å². The molecule has 0 bridgehead atoms. The lowest BCUT2D eigenvalue weighted by Gasteiger charge is -2.12. The van der Waals surface area contributed by atoms with Gasteiger partial charge < -0.3 is 4.40 Å². The van der Waals surface area contributed by atoms with E-state index in [4.69, 9.17) is 9.97 Å². The summed E-state index contributed by atoms with van der Waals surface area (Å²) in [5.74, 6) is 0.931. The maximum absolute atomic E-state index is 5.18. The Kier molecular flexibility index (Phi) is 5.47. The van der Waals surface area contributed by atoms with Gasteiger partial charge in [0, 0.05) is 22.2 Å². The number of aromatic nitrogens is 4. The molecule has 9 aromatic rings. The minimum absolute atomic E-state index is 0.931. The number of para-hydroxylation sites is 6. The fourth-order valence-electron chi connectivity index (χ4n) is 6.44. The third-order valence-electron chi connectivity index (χ3n) is 8.50. The Bertz CT molecular complexity index is 2480. The average Bonchev–Trinajstić information content (AvgIpc) is 3.68. The second kappa shape index (κ2) is 9.79. The smallest absolute Gasteiger partial charge is 0.145 e. The molecular formula is C40H26N4. The molecule has 0 radical (unpaired) electrons. The highest BCUT2D eigenvalue weighted by atomic mass is 15.1. The van der Waals surface area contributed by atoms with Crippen LogP contribution in [-0.4, -0.2) is 18.9 Å². The van der Waals surface area contributed by atoms with E-state index in [0.717, 1.165) is 67.0 Å². The molecule has 6 aromatic carbocycles. The molecule has 3 heterocycles. The van der Waals surface area contributed by atoms with Crippen LogP contribution in [0.5, 0.6) is 0 Å². The van der Waals surface area contributed by atoms with E-state index >= 15 is 0 Å². The lowest BCUT2D eigenvalue weighted by Crippen LogP contribution is -1.97. The van der Waals surface area contributed by atoms with E-state index in [1.165, 1.54) is 10.9 Å². The summed E-state index contributed by atoms with van der Waals surface area (Å²) in [4.78, 5) is 10.2. The van der Waals surface area contributed by atoms with Gasteiger partial charge in [-0.2, -0.15) is 0 Å². The summed E-state index contributed by atoms with van der Waals surface area (Å²) in [6.07, 6.45) is 0. The van der Waals surface area contributed by atoms with Crippen LogP contribution < -0.4 is 0 Å². The Morgan fingerprint density at radius 3 is 1.84 bits per heavy atom. The summed E-state index contributed by atoms with van der Waals surface area (Å²) >= 11 is 0. The van der Waals surface area contributed by atoms with Crippen LogP contribution >= 0.6 is 0 Å². The van der Waals surface area contributed by atoms with Crippen molar-refractivity contribution in [1.82, 2.24) is 18.9 Å². The molecule has 9 rings (SSSR count). The molecule has 44 heavy (non-hydrogen) atoms. The molecule has 0 spiro atoms. The lowest BCUT2D eigenvalue weighted by molar-refractivity contribution is 1.10. The van der Waals surface area contributed by atoms with Crippen molar-refractivity contribution in [2.45, 2.75) is 0 Å². The van der Waals surface area contributed by atoms with Gasteiger partial charge in [0.1, 0.15) is 5.82 Å². The molecule has 0 unspecified atom stereocenters. The second-order valence-corrected chi connectivity index (χ2v) is 11.1. The van der Waals surface area contributed by atoms with Crippen molar-refractivity contribution in [3.63, 3.8) is 0 Å². The SMILES string of the molecule is c1ccc(-n2c(-c3ccc(-c4cccc(-c5nc6ccccc6n6c5cc5ccccc56)c4)cc3)nc3ccccc32)cc1. The van der Waals surface area contributed by atoms with Gasteiger partial charge in [0.2, 0.25) is 0 Å². The Labute approximate surface area is 254 Å². The van der Waals surface area contributed by atoms with Crippen molar-refractivity contribution in [2.24, 2.45) is 0 Å². The van der Waals surface area contributed by atoms with Crippen LogP contribution in [0, 0.1) is 0 Å². The summed E-state index contributed by atoms with van der Waals surface area (Å²) in [6, 6.07) is 55.4. The first-order valence-electron chi connectivity index (χ1n) is 14.8. The van der Waals surface area contributed by atoms with Gasteiger partial charge in [0.25, 0.3) is 0 Å². The van der Waals surface area contributed by atoms with E-state index in [9.17, 15) is 0 Å². The normalized spacial score (nSPS) is 11.6. The summed E-state index contributed by atoms with van der Waals surface area (Å²) in [7, 11) is 0. The minimum Gasteiger partial charge on any atom is -0.306 e. The molecule has 0 aliphatic heterocycles. The molecular weight excluding hydrogens is 536 g/mol. The number of benzene rings is 6. The molecule has 4 nitrogen and oxygen atoms in total. The Balaban J connectivity index is 1.16. The Hall–Kier alpha value is -6.00. The fourth-order valence-corrected chi connectivity index (χ4v) is 6.44. The zero-order valence-corrected chi connectivity index (χ0v) is 23.8. The largest absolute Gasteiger partial charge is 0.306 e. The van der Waals surface area contributed by atoms with Crippen LogP contribution in [0.2, 0.25) is 0 Å². The van der Waals surface area contributed by atoms with Gasteiger partial charge in [-0.15, -0.1) is 0 Å². The van der Waals surface area contributed by atoms with Crippen molar-refractivity contribution in [3.8, 4) is 39.5 Å². The molecule has 0 aliphatic carbocycles. The van der Waals surface area contributed by atoms with Gasteiger partial charge in [-0.25, -0.2) is 9.97 Å². The van der Waals surface area contributed by atoms with E-state index in [1.807, 2.05) is 12.1 Å². The van der Waals surface area contributed by atoms with Crippen LogP contribution in [0.15, 0.2) is 158 Å². The fraction of sp³-hybridized carbons (Fsp3) is 0. The number of rotatable bonds is 4. The predicted octanol–water partition coefficient (Wildman–Crippen LogP) is 9.98. The quantitative estimate of drug-likeness (QED) is 0.214. The van der Waals surface area contributed by atoms with E-state index in [1.54, 1.807) is 0 Å². The monoisotopic (exact) mass is 562 g/mol. The number of fused-ring (bicyclic) bond motifs is 6. The highest BCUT2D eigenvalue weighted by molar-refractivity contribution is 5.99. The molecule has 3 aromatic heterocycles.